The fourth-order valence-corrected chi connectivity index (χ4v) is 2.92. The van der Waals surface area contributed by atoms with Crippen LogP contribution in [-0.2, 0) is 17.8 Å². The van der Waals surface area contributed by atoms with E-state index >= 15 is 0 Å². The highest BCUT2D eigenvalue weighted by molar-refractivity contribution is 7.09. The second-order valence-corrected chi connectivity index (χ2v) is 6.20. The average molecular weight is 342 g/mol. The third-order valence-corrected chi connectivity index (χ3v) is 4.28. The molecule has 0 fully saturated rings. The molecule has 0 unspecified atom stereocenters. The van der Waals surface area contributed by atoms with E-state index in [9.17, 15) is 14.3 Å². The Morgan fingerprint density at radius 2 is 1.83 bits per heavy atom. The van der Waals surface area contributed by atoms with Crippen molar-refractivity contribution in [1.82, 2.24) is 10.3 Å². The molecule has 2 aromatic carbocycles. The maximum absolute atomic E-state index is 12.8. The van der Waals surface area contributed by atoms with E-state index in [2.05, 4.69) is 10.3 Å². The lowest BCUT2D eigenvalue weighted by Crippen LogP contribution is -2.24. The largest absolute Gasteiger partial charge is 0.508 e. The van der Waals surface area contributed by atoms with Crippen LogP contribution in [0.1, 0.15) is 10.6 Å². The van der Waals surface area contributed by atoms with Crippen LogP contribution < -0.4 is 5.32 Å². The molecule has 0 aliphatic carbocycles. The van der Waals surface area contributed by atoms with E-state index in [1.165, 1.54) is 23.5 Å². The Kier molecular flexibility index (Phi) is 4.86. The number of halogens is 1. The fraction of sp³-hybridized carbons (Fsp3) is 0.111. The molecule has 3 aromatic rings. The number of thiazole rings is 1. The minimum atomic E-state index is -0.316. The number of carbonyl (C=O) groups is 1. The first-order chi connectivity index (χ1) is 11.6. The Balaban J connectivity index is 1.56. The minimum absolute atomic E-state index is 0.136. The van der Waals surface area contributed by atoms with Crippen molar-refractivity contribution >= 4 is 17.2 Å². The molecule has 1 heterocycles. The first kappa shape index (κ1) is 16.1. The molecule has 0 aliphatic heterocycles. The molecule has 0 atom stereocenters. The van der Waals surface area contributed by atoms with Crippen molar-refractivity contribution in [2.24, 2.45) is 0 Å². The van der Waals surface area contributed by atoms with Crippen LogP contribution >= 0.6 is 11.3 Å². The minimum Gasteiger partial charge on any atom is -0.508 e. The number of carbonyl (C=O) groups excluding carboxylic acids is 1. The zero-order valence-electron chi connectivity index (χ0n) is 12.7. The van der Waals surface area contributed by atoms with Crippen molar-refractivity contribution in [3.8, 4) is 17.0 Å². The number of nitrogens with zero attached hydrogens (tertiary/aromatic N) is 1. The molecule has 3 rings (SSSR count). The number of benzene rings is 2. The summed E-state index contributed by atoms with van der Waals surface area (Å²) in [6.07, 6.45) is 0.205. The van der Waals surface area contributed by atoms with Crippen molar-refractivity contribution in [2.75, 3.05) is 0 Å². The summed E-state index contributed by atoms with van der Waals surface area (Å²) < 4.78 is 12.8. The molecule has 122 valence electrons. The monoisotopic (exact) mass is 342 g/mol. The molecule has 0 aliphatic rings. The van der Waals surface area contributed by atoms with Gasteiger partial charge >= 0.3 is 0 Å². The third kappa shape index (κ3) is 4.17. The molecule has 2 N–H and O–H groups in total. The Labute approximate surface area is 142 Å². The molecule has 0 radical (unpaired) electrons. The van der Waals surface area contributed by atoms with E-state index in [-0.39, 0.29) is 23.9 Å². The highest BCUT2D eigenvalue weighted by atomic mass is 32.1. The number of rotatable bonds is 5. The van der Waals surface area contributed by atoms with E-state index in [1.54, 1.807) is 36.4 Å². The SMILES string of the molecule is O=C(Cc1ccc(F)cc1)NCc1nc(-c2ccc(O)cc2)cs1. The van der Waals surface area contributed by atoms with Crippen molar-refractivity contribution in [3.63, 3.8) is 0 Å². The first-order valence-electron chi connectivity index (χ1n) is 7.35. The standard InChI is InChI=1S/C18H15FN2O2S/c19-14-5-1-12(2-6-14)9-17(23)20-10-18-21-16(11-24-18)13-3-7-15(22)8-4-13/h1-8,11,22H,9-10H2,(H,20,23). The van der Waals surface area contributed by atoms with Gasteiger partial charge in [0.15, 0.2) is 0 Å². The predicted octanol–water partition coefficient (Wildman–Crippen LogP) is 3.51. The van der Waals surface area contributed by atoms with Gasteiger partial charge in [0.1, 0.15) is 16.6 Å². The summed E-state index contributed by atoms with van der Waals surface area (Å²) in [6, 6.07) is 12.7. The van der Waals surface area contributed by atoms with E-state index in [1.807, 2.05) is 5.38 Å². The maximum atomic E-state index is 12.8. The highest BCUT2D eigenvalue weighted by Crippen LogP contribution is 2.23. The zero-order valence-corrected chi connectivity index (χ0v) is 13.5. The van der Waals surface area contributed by atoms with E-state index < -0.39 is 0 Å². The number of phenolic OH excluding ortho intramolecular Hbond substituents is 1. The molecule has 0 spiro atoms. The Bertz CT molecular complexity index is 829. The van der Waals surface area contributed by atoms with Crippen molar-refractivity contribution in [2.45, 2.75) is 13.0 Å². The molecule has 0 saturated heterocycles. The quantitative estimate of drug-likeness (QED) is 0.746. The van der Waals surface area contributed by atoms with Gasteiger partial charge in [-0.25, -0.2) is 9.37 Å². The smallest absolute Gasteiger partial charge is 0.224 e. The summed E-state index contributed by atoms with van der Waals surface area (Å²) in [5.41, 5.74) is 2.48. The second-order valence-electron chi connectivity index (χ2n) is 5.25. The van der Waals surface area contributed by atoms with Gasteiger partial charge in [0, 0.05) is 10.9 Å². The fourth-order valence-electron chi connectivity index (χ4n) is 2.18. The van der Waals surface area contributed by atoms with Gasteiger partial charge in [0.05, 0.1) is 18.7 Å². The summed E-state index contributed by atoms with van der Waals surface area (Å²) in [6.45, 7) is 0.350. The summed E-state index contributed by atoms with van der Waals surface area (Å²) in [5, 5.41) is 14.8. The number of phenols is 1. The molecule has 1 amide bonds. The highest BCUT2D eigenvalue weighted by Gasteiger charge is 2.07. The average Bonchev–Trinajstić information content (AvgIpc) is 3.05. The number of aromatic hydroxyl groups is 1. The molecule has 0 saturated carbocycles. The number of amides is 1. The second kappa shape index (κ2) is 7.23. The van der Waals surface area contributed by atoms with E-state index in [0.717, 1.165) is 21.8 Å². The summed E-state index contributed by atoms with van der Waals surface area (Å²) in [5.74, 6) is -0.242. The Morgan fingerprint density at radius 1 is 1.12 bits per heavy atom. The van der Waals surface area contributed by atoms with Gasteiger partial charge in [-0.3, -0.25) is 4.79 Å². The molecule has 0 bridgehead atoms. The molecule has 6 heteroatoms. The normalized spacial score (nSPS) is 10.5. The van der Waals surface area contributed by atoms with E-state index in [4.69, 9.17) is 0 Å². The Morgan fingerprint density at radius 3 is 2.54 bits per heavy atom. The van der Waals surface area contributed by atoms with Crippen LogP contribution in [0.2, 0.25) is 0 Å². The van der Waals surface area contributed by atoms with Gasteiger partial charge in [-0.15, -0.1) is 11.3 Å². The third-order valence-electron chi connectivity index (χ3n) is 3.43. The van der Waals surface area contributed by atoms with Crippen molar-refractivity contribution in [1.29, 1.82) is 0 Å². The van der Waals surface area contributed by atoms with Crippen LogP contribution in [0, 0.1) is 5.82 Å². The molecule has 1 aromatic heterocycles. The number of aromatic nitrogens is 1. The summed E-state index contributed by atoms with van der Waals surface area (Å²) in [4.78, 5) is 16.4. The predicted molar refractivity (Wildman–Crippen MR) is 91.2 cm³/mol. The zero-order chi connectivity index (χ0) is 16.9. The van der Waals surface area contributed by atoms with Gasteiger partial charge in [-0.2, -0.15) is 0 Å². The van der Waals surface area contributed by atoms with Crippen molar-refractivity contribution < 1.29 is 14.3 Å². The van der Waals surface area contributed by atoms with Crippen LogP contribution in [0.5, 0.6) is 5.75 Å². The van der Waals surface area contributed by atoms with Crippen LogP contribution in [0.4, 0.5) is 4.39 Å². The molecule has 24 heavy (non-hydrogen) atoms. The number of hydrogen-bond donors (Lipinski definition) is 2. The number of hydrogen-bond acceptors (Lipinski definition) is 4. The summed E-state index contributed by atoms with van der Waals surface area (Å²) >= 11 is 1.46. The van der Waals surface area contributed by atoms with Crippen LogP contribution in [0.25, 0.3) is 11.3 Å². The lowest BCUT2D eigenvalue weighted by atomic mass is 10.1. The topological polar surface area (TPSA) is 62.2 Å². The first-order valence-corrected chi connectivity index (χ1v) is 8.23. The summed E-state index contributed by atoms with van der Waals surface area (Å²) in [7, 11) is 0. The van der Waals surface area contributed by atoms with Gasteiger partial charge in [0.25, 0.3) is 0 Å². The van der Waals surface area contributed by atoms with Crippen LogP contribution in [0.15, 0.2) is 53.9 Å². The molecular weight excluding hydrogens is 327 g/mol. The van der Waals surface area contributed by atoms with Gasteiger partial charge in [-0.05, 0) is 42.0 Å². The van der Waals surface area contributed by atoms with Crippen molar-refractivity contribution in [3.05, 3.63) is 70.3 Å². The maximum Gasteiger partial charge on any atom is 0.224 e. The van der Waals surface area contributed by atoms with Gasteiger partial charge < -0.3 is 10.4 Å². The lowest BCUT2D eigenvalue weighted by molar-refractivity contribution is -0.120. The van der Waals surface area contributed by atoms with Gasteiger partial charge in [-0.1, -0.05) is 12.1 Å². The Hall–Kier alpha value is -2.73. The lowest BCUT2D eigenvalue weighted by Gasteiger charge is -2.03. The van der Waals surface area contributed by atoms with Crippen LogP contribution in [-0.4, -0.2) is 16.0 Å². The van der Waals surface area contributed by atoms with E-state index in [0.29, 0.717) is 6.54 Å². The van der Waals surface area contributed by atoms with Crippen LogP contribution in [0.3, 0.4) is 0 Å². The van der Waals surface area contributed by atoms with Gasteiger partial charge in [0.2, 0.25) is 5.91 Å². The molecular formula is C18H15FN2O2S. The molecule has 4 nitrogen and oxygen atoms in total. The number of nitrogens with one attached hydrogen (secondary N) is 1.